The molecule has 3 aromatic heterocycles. The van der Waals surface area contributed by atoms with Gasteiger partial charge in [0.25, 0.3) is 0 Å². The molecule has 0 saturated heterocycles. The molecule has 0 bridgehead atoms. The molecule has 0 fully saturated rings. The van der Waals surface area contributed by atoms with Crippen LogP contribution < -0.4 is 26.0 Å². The smallest absolute Gasteiger partial charge is 0.334 e. The normalized spacial score (nSPS) is 12.4. The van der Waals surface area contributed by atoms with E-state index in [9.17, 15) is 14.0 Å². The van der Waals surface area contributed by atoms with E-state index in [2.05, 4.69) is 27.2 Å². The molecule has 0 spiro atoms. The number of anilines is 4. The lowest BCUT2D eigenvalue weighted by atomic mass is 10.0. The molecule has 0 aliphatic carbocycles. The van der Waals surface area contributed by atoms with Gasteiger partial charge in [0.15, 0.2) is 5.82 Å². The quantitative estimate of drug-likeness (QED) is 0.259. The van der Waals surface area contributed by atoms with Crippen LogP contribution in [-0.2, 0) is 17.8 Å². The second-order valence-electron chi connectivity index (χ2n) is 10.2. The topological polar surface area (TPSA) is 122 Å². The van der Waals surface area contributed by atoms with Crippen molar-refractivity contribution in [1.82, 2.24) is 29.0 Å². The lowest BCUT2D eigenvalue weighted by Gasteiger charge is -2.24. The van der Waals surface area contributed by atoms with E-state index in [1.54, 1.807) is 16.7 Å². The first-order chi connectivity index (χ1) is 20.2. The molecule has 0 unspecified atom stereocenters. The molecule has 0 saturated carbocycles. The van der Waals surface area contributed by atoms with Crippen molar-refractivity contribution in [3.05, 3.63) is 65.0 Å². The van der Waals surface area contributed by atoms with Gasteiger partial charge in [0.05, 0.1) is 23.3 Å². The van der Waals surface area contributed by atoms with Crippen LogP contribution in [-0.4, -0.2) is 75.7 Å². The number of carbonyl (C=O) groups excluding carboxylic acids is 1. The molecule has 1 aliphatic rings. The highest BCUT2D eigenvalue weighted by atomic mass is 19.1. The maximum atomic E-state index is 14.5. The van der Waals surface area contributed by atoms with Gasteiger partial charge in [0.1, 0.15) is 17.3 Å². The van der Waals surface area contributed by atoms with Gasteiger partial charge >= 0.3 is 5.69 Å². The average Bonchev–Trinajstić information content (AvgIpc) is 3.25. The van der Waals surface area contributed by atoms with Crippen molar-refractivity contribution in [1.29, 1.82) is 0 Å². The van der Waals surface area contributed by atoms with E-state index in [1.165, 1.54) is 29.0 Å². The summed E-state index contributed by atoms with van der Waals surface area (Å²) in [5.74, 6) is 0.428. The maximum absolute atomic E-state index is 14.5. The highest BCUT2D eigenvalue weighted by Crippen LogP contribution is 2.35. The van der Waals surface area contributed by atoms with E-state index in [-0.39, 0.29) is 23.3 Å². The number of aromatic nitrogens is 5. The van der Waals surface area contributed by atoms with Crippen LogP contribution in [0.1, 0.15) is 18.9 Å². The van der Waals surface area contributed by atoms with Gasteiger partial charge in [0.2, 0.25) is 17.7 Å². The molecule has 1 aromatic carbocycles. The van der Waals surface area contributed by atoms with Crippen molar-refractivity contribution in [3.8, 4) is 11.7 Å². The molecule has 0 radical (unpaired) electrons. The molecule has 13 heteroatoms. The van der Waals surface area contributed by atoms with Crippen LogP contribution in [0.3, 0.4) is 0 Å². The summed E-state index contributed by atoms with van der Waals surface area (Å²) >= 11 is 0. The summed E-state index contributed by atoms with van der Waals surface area (Å²) in [6.45, 7) is 7.69. The van der Waals surface area contributed by atoms with E-state index in [0.717, 1.165) is 24.0 Å². The van der Waals surface area contributed by atoms with Gasteiger partial charge in [-0.25, -0.2) is 18.7 Å². The number of benzene rings is 1. The van der Waals surface area contributed by atoms with Crippen molar-refractivity contribution in [2.24, 2.45) is 0 Å². The molecule has 4 heterocycles. The number of nitrogens with zero attached hydrogens (tertiary/aromatic N) is 7. The number of nitrogens with one attached hydrogen (secondary N) is 2. The first-order valence-electron chi connectivity index (χ1n) is 13.7. The Morgan fingerprint density at radius 3 is 2.74 bits per heavy atom. The Labute approximate surface area is 242 Å². The number of likely N-dealkylation sites (N-methyl/N-ethyl adjacent to an activating group) is 2. The number of aryl methyl sites for hydroxylation is 2. The van der Waals surface area contributed by atoms with Gasteiger partial charge in [0, 0.05) is 45.0 Å². The van der Waals surface area contributed by atoms with Crippen LogP contribution in [0.2, 0.25) is 0 Å². The standard InChI is InChI=1S/C29H34FN9O3/c1-6-24(40)32-20-17-21(27(42-7-2)35-26(20)37(5)14-13-36(3)4)33-28-31-11-10-23(34-28)39-22-16-19(30)15-18-9-8-12-38(25(18)22)29(39)41/h6,10-11,15-17H,1,7-9,12-14H2,2-5H3,(H,32,40)(H,31,33,34). The predicted octanol–water partition coefficient (Wildman–Crippen LogP) is 3.33. The lowest BCUT2D eigenvalue weighted by molar-refractivity contribution is -0.111. The Morgan fingerprint density at radius 1 is 1.19 bits per heavy atom. The molecule has 5 rings (SSSR count). The number of ether oxygens (including phenoxy) is 1. The number of amides is 1. The zero-order valence-corrected chi connectivity index (χ0v) is 24.1. The zero-order chi connectivity index (χ0) is 30.0. The second-order valence-corrected chi connectivity index (χ2v) is 10.2. The Balaban J connectivity index is 1.56. The van der Waals surface area contributed by atoms with Gasteiger partial charge in [-0.05, 0) is 57.6 Å². The van der Waals surface area contributed by atoms with E-state index >= 15 is 0 Å². The van der Waals surface area contributed by atoms with E-state index < -0.39 is 11.7 Å². The van der Waals surface area contributed by atoms with Gasteiger partial charge in [-0.3, -0.25) is 9.36 Å². The molecule has 1 aliphatic heterocycles. The Kier molecular flexibility index (Phi) is 8.20. The van der Waals surface area contributed by atoms with E-state index in [1.807, 2.05) is 37.9 Å². The summed E-state index contributed by atoms with van der Waals surface area (Å²) in [4.78, 5) is 43.4. The number of imidazole rings is 1. The largest absolute Gasteiger partial charge is 0.476 e. The number of hydrogen-bond acceptors (Lipinski definition) is 9. The first kappa shape index (κ1) is 28.7. The number of pyridine rings is 1. The van der Waals surface area contributed by atoms with Crippen LogP contribution in [0.15, 0.2) is 47.9 Å². The zero-order valence-electron chi connectivity index (χ0n) is 24.1. The summed E-state index contributed by atoms with van der Waals surface area (Å²) in [6.07, 6.45) is 4.15. The fraction of sp³-hybridized carbons (Fsp3) is 0.345. The molecule has 2 N–H and O–H groups in total. The molecule has 1 amide bonds. The highest BCUT2D eigenvalue weighted by Gasteiger charge is 2.23. The SMILES string of the molecule is C=CC(=O)Nc1cc(Nc2nccc(-n3c(=O)n4c5c(cc(F)cc53)CCC4)n2)c(OCC)nc1N(C)CCN(C)C. The van der Waals surface area contributed by atoms with Gasteiger partial charge in [-0.1, -0.05) is 6.58 Å². The highest BCUT2D eigenvalue weighted by molar-refractivity contribution is 6.01. The number of carbonyl (C=O) groups is 1. The van der Waals surface area contributed by atoms with Crippen molar-refractivity contribution in [2.45, 2.75) is 26.3 Å². The summed E-state index contributed by atoms with van der Waals surface area (Å²) < 4.78 is 23.5. The maximum Gasteiger partial charge on any atom is 0.334 e. The van der Waals surface area contributed by atoms with Crippen molar-refractivity contribution in [2.75, 3.05) is 56.4 Å². The van der Waals surface area contributed by atoms with Crippen molar-refractivity contribution in [3.63, 3.8) is 0 Å². The number of halogens is 1. The first-order valence-corrected chi connectivity index (χ1v) is 13.7. The third kappa shape index (κ3) is 5.68. The average molecular weight is 576 g/mol. The number of hydrogen-bond donors (Lipinski definition) is 2. The van der Waals surface area contributed by atoms with Crippen molar-refractivity contribution >= 4 is 40.1 Å². The molecule has 42 heavy (non-hydrogen) atoms. The van der Waals surface area contributed by atoms with Crippen LogP contribution in [0.4, 0.5) is 27.5 Å². The minimum absolute atomic E-state index is 0.157. The minimum Gasteiger partial charge on any atom is -0.476 e. The fourth-order valence-corrected chi connectivity index (χ4v) is 4.99. The second kappa shape index (κ2) is 12.0. The van der Waals surface area contributed by atoms with Crippen LogP contribution in [0, 0.1) is 5.82 Å². The van der Waals surface area contributed by atoms with Crippen LogP contribution in [0.25, 0.3) is 16.9 Å². The summed E-state index contributed by atoms with van der Waals surface area (Å²) in [7, 11) is 5.83. The van der Waals surface area contributed by atoms with Gasteiger partial charge < -0.3 is 25.2 Å². The Hall–Kier alpha value is -4.78. The molecular weight excluding hydrogens is 541 g/mol. The molecule has 12 nitrogen and oxygen atoms in total. The molecule has 0 atom stereocenters. The number of rotatable bonds is 11. The van der Waals surface area contributed by atoms with E-state index in [4.69, 9.17) is 9.72 Å². The minimum atomic E-state index is -0.408. The third-order valence-electron chi connectivity index (χ3n) is 6.95. The third-order valence-corrected chi connectivity index (χ3v) is 6.95. The summed E-state index contributed by atoms with van der Waals surface area (Å²) in [5, 5.41) is 5.95. The van der Waals surface area contributed by atoms with Crippen LogP contribution in [0.5, 0.6) is 5.88 Å². The molecule has 220 valence electrons. The van der Waals surface area contributed by atoms with Crippen LogP contribution >= 0.6 is 0 Å². The van der Waals surface area contributed by atoms with E-state index in [0.29, 0.717) is 48.8 Å². The van der Waals surface area contributed by atoms with Gasteiger partial charge in [-0.15, -0.1) is 0 Å². The fourth-order valence-electron chi connectivity index (χ4n) is 4.99. The Bertz CT molecular complexity index is 1710. The Morgan fingerprint density at radius 2 is 2.00 bits per heavy atom. The lowest BCUT2D eigenvalue weighted by Crippen LogP contribution is -2.30. The molecule has 4 aromatic rings. The monoisotopic (exact) mass is 575 g/mol. The summed E-state index contributed by atoms with van der Waals surface area (Å²) in [5.41, 5.74) is 2.52. The molecular formula is C29H34FN9O3. The van der Waals surface area contributed by atoms with Crippen molar-refractivity contribution < 1.29 is 13.9 Å². The predicted molar refractivity (Wildman–Crippen MR) is 161 cm³/mol. The van der Waals surface area contributed by atoms with Gasteiger partial charge in [-0.2, -0.15) is 9.97 Å². The summed E-state index contributed by atoms with van der Waals surface area (Å²) in [6, 6.07) is 6.13.